The number of benzene rings is 1. The van der Waals surface area contributed by atoms with Gasteiger partial charge in [0.2, 0.25) is 20.0 Å². The molecule has 0 saturated carbocycles. The van der Waals surface area contributed by atoms with Gasteiger partial charge >= 0.3 is 0 Å². The zero-order valence-corrected chi connectivity index (χ0v) is 11.1. The fraction of sp³-hybridized carbons (Fsp3) is 0.333. The normalized spacial score (nSPS) is 12.9. The quantitative estimate of drug-likeness (QED) is 0.819. The molecule has 1 aromatic carbocycles. The molecule has 0 aromatic heterocycles. The summed E-state index contributed by atoms with van der Waals surface area (Å²) in [7, 11) is -4.68. The predicted molar refractivity (Wildman–Crippen MR) is 64.1 cm³/mol. The Hall–Kier alpha value is -0.960. The van der Waals surface area contributed by atoms with Crippen LogP contribution in [0.5, 0.6) is 0 Å². The van der Waals surface area contributed by atoms with Crippen LogP contribution in [0.3, 0.4) is 0 Å². The first-order chi connectivity index (χ1) is 7.64. The Morgan fingerprint density at radius 3 is 2.12 bits per heavy atom. The Labute approximate surface area is 101 Å². The van der Waals surface area contributed by atoms with E-state index in [1.54, 1.807) is 6.07 Å². The maximum absolute atomic E-state index is 11.9. The number of nitrogens with zero attached hydrogens (tertiary/aromatic N) is 1. The first kappa shape index (κ1) is 14.1. The van der Waals surface area contributed by atoms with Gasteiger partial charge < -0.3 is 0 Å². The molecule has 0 atom stereocenters. The third-order valence-electron chi connectivity index (χ3n) is 2.09. The largest absolute Gasteiger partial charge is 0.242 e. The van der Waals surface area contributed by atoms with E-state index in [4.69, 9.17) is 5.14 Å². The Morgan fingerprint density at radius 1 is 1.12 bits per heavy atom. The van der Waals surface area contributed by atoms with Crippen molar-refractivity contribution in [1.82, 2.24) is 4.31 Å². The molecular formula is C9H14N2O4S2. The maximum atomic E-state index is 11.9. The minimum absolute atomic E-state index is 0.0426. The summed E-state index contributed by atoms with van der Waals surface area (Å²) in [6, 6.07) is 5.88. The van der Waals surface area contributed by atoms with Crippen molar-refractivity contribution in [2.75, 3.05) is 14.1 Å². The highest BCUT2D eigenvalue weighted by Gasteiger charge is 2.22. The molecule has 0 unspecified atom stereocenters. The van der Waals surface area contributed by atoms with Crippen molar-refractivity contribution >= 4 is 20.0 Å². The third-order valence-corrected chi connectivity index (χ3v) is 4.72. The molecular weight excluding hydrogens is 264 g/mol. The second-order valence-corrected chi connectivity index (χ2v) is 7.44. The summed E-state index contributed by atoms with van der Waals surface area (Å²) in [4.78, 5) is -0.0426. The molecule has 0 saturated heterocycles. The van der Waals surface area contributed by atoms with E-state index >= 15 is 0 Å². The second-order valence-electron chi connectivity index (χ2n) is 3.70. The molecule has 0 spiro atoms. The van der Waals surface area contributed by atoms with Crippen molar-refractivity contribution in [2.45, 2.75) is 10.6 Å². The van der Waals surface area contributed by atoms with Gasteiger partial charge in [0.15, 0.2) is 0 Å². The summed E-state index contributed by atoms with van der Waals surface area (Å²) in [5.74, 6) is -0.504. The second kappa shape index (κ2) is 4.73. The van der Waals surface area contributed by atoms with Crippen LogP contribution in [-0.4, -0.2) is 35.2 Å². The van der Waals surface area contributed by atoms with Crippen LogP contribution in [0.15, 0.2) is 29.2 Å². The third kappa shape index (κ3) is 3.50. The van der Waals surface area contributed by atoms with Gasteiger partial charge in [0, 0.05) is 14.1 Å². The topological polar surface area (TPSA) is 97.5 Å². The Morgan fingerprint density at radius 2 is 1.65 bits per heavy atom. The molecule has 0 heterocycles. The van der Waals surface area contributed by atoms with Gasteiger partial charge in [-0.25, -0.2) is 26.3 Å². The number of sulfonamides is 2. The summed E-state index contributed by atoms with van der Waals surface area (Å²) in [6.45, 7) is 0. The first-order valence-corrected chi connectivity index (χ1v) is 7.81. The van der Waals surface area contributed by atoms with Gasteiger partial charge in [-0.2, -0.15) is 0 Å². The van der Waals surface area contributed by atoms with E-state index in [0.717, 1.165) is 4.31 Å². The van der Waals surface area contributed by atoms with Gasteiger partial charge in [0.25, 0.3) is 0 Å². The van der Waals surface area contributed by atoms with Crippen molar-refractivity contribution in [3.05, 3.63) is 29.8 Å². The SMILES string of the molecule is CN(C)S(=O)(=O)c1ccccc1CS(N)(=O)=O. The van der Waals surface area contributed by atoms with E-state index in [0.29, 0.717) is 0 Å². The van der Waals surface area contributed by atoms with Gasteiger partial charge in [-0.3, -0.25) is 0 Å². The van der Waals surface area contributed by atoms with Crippen LogP contribution in [0, 0.1) is 0 Å². The lowest BCUT2D eigenvalue weighted by molar-refractivity contribution is 0.520. The summed E-state index contributed by atoms with van der Waals surface area (Å²) in [5.41, 5.74) is 0.170. The number of primary sulfonamides is 1. The van der Waals surface area contributed by atoms with E-state index in [9.17, 15) is 16.8 Å². The van der Waals surface area contributed by atoms with Gasteiger partial charge in [-0.1, -0.05) is 18.2 Å². The molecule has 0 aliphatic carbocycles. The number of hydrogen-bond acceptors (Lipinski definition) is 4. The highest BCUT2D eigenvalue weighted by molar-refractivity contribution is 7.89. The molecule has 0 aliphatic rings. The molecule has 6 nitrogen and oxygen atoms in total. The summed E-state index contributed by atoms with van der Waals surface area (Å²) in [6.07, 6.45) is 0. The number of hydrogen-bond donors (Lipinski definition) is 1. The Balaban J connectivity index is 3.37. The smallest absolute Gasteiger partial charge is 0.228 e. The van der Waals surface area contributed by atoms with Crippen LogP contribution in [0.25, 0.3) is 0 Å². The lowest BCUT2D eigenvalue weighted by Crippen LogP contribution is -2.24. The molecule has 0 radical (unpaired) electrons. The van der Waals surface area contributed by atoms with Crippen molar-refractivity contribution in [3.63, 3.8) is 0 Å². The molecule has 0 fully saturated rings. The van der Waals surface area contributed by atoms with Crippen LogP contribution in [0.4, 0.5) is 0 Å². The van der Waals surface area contributed by atoms with E-state index < -0.39 is 25.8 Å². The molecule has 8 heteroatoms. The number of nitrogens with two attached hydrogens (primary N) is 1. The standard InChI is InChI=1S/C9H14N2O4S2/c1-11(2)17(14,15)9-6-4-3-5-8(9)7-16(10,12)13/h3-6H,7H2,1-2H3,(H2,10,12,13). The predicted octanol–water partition coefficient (Wildman–Crippen LogP) is -0.275. The molecule has 2 N–H and O–H groups in total. The van der Waals surface area contributed by atoms with Gasteiger partial charge in [-0.15, -0.1) is 0 Å². The van der Waals surface area contributed by atoms with Gasteiger partial charge in [0.05, 0.1) is 10.6 Å². The summed E-state index contributed by atoms with van der Waals surface area (Å²) >= 11 is 0. The van der Waals surface area contributed by atoms with Gasteiger partial charge in [-0.05, 0) is 11.6 Å². The maximum Gasteiger partial charge on any atom is 0.242 e. The monoisotopic (exact) mass is 278 g/mol. The zero-order valence-electron chi connectivity index (χ0n) is 9.49. The minimum atomic E-state index is -3.77. The highest BCUT2D eigenvalue weighted by Crippen LogP contribution is 2.19. The molecule has 17 heavy (non-hydrogen) atoms. The van der Waals surface area contributed by atoms with Crippen LogP contribution in [0.2, 0.25) is 0 Å². The van der Waals surface area contributed by atoms with Crippen molar-refractivity contribution in [1.29, 1.82) is 0 Å². The minimum Gasteiger partial charge on any atom is -0.228 e. The van der Waals surface area contributed by atoms with E-state index in [1.165, 1.54) is 32.3 Å². The van der Waals surface area contributed by atoms with Gasteiger partial charge in [0.1, 0.15) is 0 Å². The summed E-state index contributed by atoms with van der Waals surface area (Å²) in [5, 5.41) is 4.92. The van der Waals surface area contributed by atoms with Crippen molar-refractivity contribution in [3.8, 4) is 0 Å². The fourth-order valence-corrected chi connectivity index (χ4v) is 3.18. The average Bonchev–Trinajstić information content (AvgIpc) is 2.15. The lowest BCUT2D eigenvalue weighted by Gasteiger charge is -2.14. The lowest BCUT2D eigenvalue weighted by atomic mass is 10.2. The van der Waals surface area contributed by atoms with Crippen LogP contribution >= 0.6 is 0 Å². The van der Waals surface area contributed by atoms with Crippen molar-refractivity contribution < 1.29 is 16.8 Å². The van der Waals surface area contributed by atoms with E-state index in [2.05, 4.69) is 0 Å². The van der Waals surface area contributed by atoms with E-state index in [-0.39, 0.29) is 10.5 Å². The summed E-state index contributed by atoms with van der Waals surface area (Å²) < 4.78 is 46.9. The Kier molecular flexibility index (Phi) is 3.92. The highest BCUT2D eigenvalue weighted by atomic mass is 32.2. The van der Waals surface area contributed by atoms with Crippen molar-refractivity contribution in [2.24, 2.45) is 5.14 Å². The fourth-order valence-electron chi connectivity index (χ4n) is 1.29. The molecule has 0 aliphatic heterocycles. The van der Waals surface area contributed by atoms with E-state index in [1.807, 2.05) is 0 Å². The van der Waals surface area contributed by atoms with Crippen LogP contribution < -0.4 is 5.14 Å². The van der Waals surface area contributed by atoms with Crippen LogP contribution in [0.1, 0.15) is 5.56 Å². The first-order valence-electron chi connectivity index (χ1n) is 4.65. The number of rotatable bonds is 4. The molecule has 1 rings (SSSR count). The zero-order chi connectivity index (χ0) is 13.3. The molecule has 96 valence electrons. The molecule has 1 aromatic rings. The molecule has 0 amide bonds. The molecule has 0 bridgehead atoms. The average molecular weight is 278 g/mol. The Bertz CT molecular complexity index is 606. The van der Waals surface area contributed by atoms with Crippen LogP contribution in [-0.2, 0) is 25.8 Å².